The summed E-state index contributed by atoms with van der Waals surface area (Å²) < 4.78 is 1.68. The van der Waals surface area contributed by atoms with Crippen molar-refractivity contribution in [2.45, 2.75) is 32.2 Å². The average molecular weight is 241 g/mol. The predicted molar refractivity (Wildman–Crippen MR) is 63.6 cm³/mol. The third-order valence-electron chi connectivity index (χ3n) is 3.31. The molecule has 1 aromatic rings. The molecular formula is C10H15N3O2S. The van der Waals surface area contributed by atoms with Crippen molar-refractivity contribution in [3.63, 3.8) is 0 Å². The molecule has 1 fully saturated rings. The number of hydrogen-bond acceptors (Lipinski definition) is 4. The van der Waals surface area contributed by atoms with Gasteiger partial charge < -0.3 is 10.1 Å². The second kappa shape index (κ2) is 4.45. The van der Waals surface area contributed by atoms with E-state index in [-0.39, 0.29) is 11.2 Å². The van der Waals surface area contributed by atoms with Gasteiger partial charge in [0.2, 0.25) is 0 Å². The molecule has 6 heteroatoms. The molecule has 0 radical (unpaired) electrons. The van der Waals surface area contributed by atoms with Crippen molar-refractivity contribution in [2.75, 3.05) is 5.75 Å². The molecule has 0 atom stereocenters. The first kappa shape index (κ1) is 11.4. The first-order valence-electron chi connectivity index (χ1n) is 5.44. The van der Waals surface area contributed by atoms with Crippen LogP contribution >= 0.6 is 12.6 Å². The van der Waals surface area contributed by atoms with E-state index >= 15 is 0 Å². The molecule has 0 spiro atoms. The Hall–Kier alpha value is -1.04. The Labute approximate surface area is 99.4 Å². The Balaban J connectivity index is 2.10. The first-order chi connectivity index (χ1) is 7.65. The van der Waals surface area contributed by atoms with Gasteiger partial charge >= 0.3 is 5.82 Å². The number of aromatic nitrogens is 2. The van der Waals surface area contributed by atoms with Crippen molar-refractivity contribution >= 4 is 18.4 Å². The summed E-state index contributed by atoms with van der Waals surface area (Å²) in [6.45, 7) is 0.740. The van der Waals surface area contributed by atoms with Crippen LogP contribution in [0.15, 0.2) is 12.3 Å². The van der Waals surface area contributed by atoms with Crippen molar-refractivity contribution in [2.24, 2.45) is 5.41 Å². The maximum absolute atomic E-state index is 10.5. The van der Waals surface area contributed by atoms with Gasteiger partial charge in [-0.1, -0.05) is 12.8 Å². The fourth-order valence-electron chi connectivity index (χ4n) is 2.37. The molecule has 0 aromatic carbocycles. The lowest BCUT2D eigenvalue weighted by atomic mass is 9.88. The van der Waals surface area contributed by atoms with Crippen molar-refractivity contribution in [1.82, 2.24) is 9.78 Å². The van der Waals surface area contributed by atoms with E-state index in [1.807, 2.05) is 0 Å². The monoisotopic (exact) mass is 241 g/mol. The summed E-state index contributed by atoms with van der Waals surface area (Å²) in [6.07, 6.45) is 6.42. The Morgan fingerprint density at radius 2 is 2.25 bits per heavy atom. The van der Waals surface area contributed by atoms with Crippen LogP contribution in [0, 0.1) is 15.5 Å². The second-order valence-electron chi connectivity index (χ2n) is 4.49. The number of rotatable bonds is 4. The molecule has 1 heterocycles. The third-order valence-corrected chi connectivity index (χ3v) is 3.98. The van der Waals surface area contributed by atoms with E-state index < -0.39 is 4.92 Å². The highest BCUT2D eigenvalue weighted by Gasteiger charge is 2.34. The zero-order chi connectivity index (χ0) is 11.6. The molecule has 1 saturated carbocycles. The molecule has 0 N–H and O–H groups in total. The Kier molecular flexibility index (Phi) is 3.18. The van der Waals surface area contributed by atoms with Gasteiger partial charge in [-0.2, -0.15) is 17.3 Å². The summed E-state index contributed by atoms with van der Waals surface area (Å²) in [5.74, 6) is 0.744. The van der Waals surface area contributed by atoms with E-state index in [1.165, 1.54) is 18.9 Å². The molecule has 1 aromatic heterocycles. The first-order valence-corrected chi connectivity index (χ1v) is 6.07. The van der Waals surface area contributed by atoms with E-state index in [1.54, 1.807) is 10.9 Å². The van der Waals surface area contributed by atoms with Crippen LogP contribution in [0.5, 0.6) is 0 Å². The zero-order valence-electron chi connectivity index (χ0n) is 9.00. The number of nitrogens with zero attached hydrogens (tertiary/aromatic N) is 3. The van der Waals surface area contributed by atoms with Crippen molar-refractivity contribution in [1.29, 1.82) is 0 Å². The van der Waals surface area contributed by atoms with Gasteiger partial charge in [-0.3, -0.25) is 0 Å². The Bertz CT molecular complexity index is 385. The Morgan fingerprint density at radius 1 is 1.56 bits per heavy atom. The van der Waals surface area contributed by atoms with Gasteiger partial charge in [-0.15, -0.1) is 0 Å². The molecule has 1 aliphatic rings. The summed E-state index contributed by atoms with van der Waals surface area (Å²) in [5.41, 5.74) is 0.184. The maximum Gasteiger partial charge on any atom is 0.389 e. The fraction of sp³-hybridized carbons (Fsp3) is 0.700. The topological polar surface area (TPSA) is 61.0 Å². The summed E-state index contributed by atoms with van der Waals surface area (Å²) in [4.78, 5) is 10.1. The highest BCUT2D eigenvalue weighted by Crippen LogP contribution is 2.40. The smallest absolute Gasteiger partial charge is 0.358 e. The van der Waals surface area contributed by atoms with Crippen LogP contribution in [0.2, 0.25) is 0 Å². The molecular weight excluding hydrogens is 226 g/mol. The predicted octanol–water partition coefficient (Wildman–Crippen LogP) is 2.28. The zero-order valence-corrected chi connectivity index (χ0v) is 9.90. The third kappa shape index (κ3) is 2.21. The lowest BCUT2D eigenvalue weighted by Crippen LogP contribution is -2.25. The van der Waals surface area contributed by atoms with Crippen LogP contribution in [-0.4, -0.2) is 20.5 Å². The molecule has 0 unspecified atom stereocenters. The van der Waals surface area contributed by atoms with Crippen LogP contribution < -0.4 is 0 Å². The van der Waals surface area contributed by atoms with Gasteiger partial charge in [-0.05, 0) is 23.5 Å². The van der Waals surface area contributed by atoms with Crippen LogP contribution in [-0.2, 0) is 6.54 Å². The largest absolute Gasteiger partial charge is 0.389 e. The average Bonchev–Trinajstić information content (AvgIpc) is 2.88. The van der Waals surface area contributed by atoms with Gasteiger partial charge in [0, 0.05) is 5.41 Å². The van der Waals surface area contributed by atoms with Gasteiger partial charge in [0.1, 0.15) is 0 Å². The number of nitro groups is 1. The van der Waals surface area contributed by atoms with Crippen LogP contribution in [0.4, 0.5) is 5.82 Å². The van der Waals surface area contributed by atoms with Crippen LogP contribution in [0.1, 0.15) is 25.7 Å². The summed E-state index contributed by atoms with van der Waals surface area (Å²) >= 11 is 4.40. The van der Waals surface area contributed by atoms with Gasteiger partial charge in [0.25, 0.3) is 0 Å². The normalized spacial score (nSPS) is 18.8. The van der Waals surface area contributed by atoms with Gasteiger partial charge in [0.05, 0.1) is 23.9 Å². The molecule has 0 amide bonds. The highest BCUT2D eigenvalue weighted by atomic mass is 32.1. The molecule has 0 bridgehead atoms. The summed E-state index contributed by atoms with van der Waals surface area (Å²) in [7, 11) is 0. The standard InChI is InChI=1S/C10H15N3O2S/c14-13(15)9-3-6-12(11-9)7-10(8-16)4-1-2-5-10/h3,6,16H,1-2,4-5,7-8H2. The molecule has 0 aliphatic heterocycles. The molecule has 2 rings (SSSR count). The number of hydrogen-bond donors (Lipinski definition) is 1. The van der Waals surface area contributed by atoms with E-state index in [9.17, 15) is 10.1 Å². The van der Waals surface area contributed by atoms with Crippen LogP contribution in [0.25, 0.3) is 0 Å². The van der Waals surface area contributed by atoms with Crippen molar-refractivity contribution in [3.8, 4) is 0 Å². The molecule has 1 aliphatic carbocycles. The minimum absolute atomic E-state index is 0.0766. The molecule has 16 heavy (non-hydrogen) atoms. The van der Waals surface area contributed by atoms with Gasteiger partial charge in [0.15, 0.2) is 0 Å². The lowest BCUT2D eigenvalue weighted by Gasteiger charge is -2.25. The second-order valence-corrected chi connectivity index (χ2v) is 4.81. The Morgan fingerprint density at radius 3 is 2.75 bits per heavy atom. The van der Waals surface area contributed by atoms with Gasteiger partial charge in [-0.25, -0.2) is 0 Å². The van der Waals surface area contributed by atoms with Crippen molar-refractivity contribution < 1.29 is 4.92 Å². The molecule has 0 saturated heterocycles. The van der Waals surface area contributed by atoms with E-state index in [0.29, 0.717) is 0 Å². The quantitative estimate of drug-likeness (QED) is 0.500. The minimum Gasteiger partial charge on any atom is -0.358 e. The SMILES string of the molecule is O=[N+]([O-])c1ccn(CC2(CS)CCCC2)n1. The summed E-state index contributed by atoms with van der Waals surface area (Å²) in [5, 5.41) is 14.5. The lowest BCUT2D eigenvalue weighted by molar-refractivity contribution is -0.389. The highest BCUT2D eigenvalue weighted by molar-refractivity contribution is 7.80. The molecule has 88 valence electrons. The van der Waals surface area contributed by atoms with Crippen LogP contribution in [0.3, 0.4) is 0 Å². The minimum atomic E-state index is -0.460. The summed E-state index contributed by atoms with van der Waals surface area (Å²) in [6, 6.07) is 1.45. The van der Waals surface area contributed by atoms with E-state index in [4.69, 9.17) is 0 Å². The van der Waals surface area contributed by atoms with Crippen molar-refractivity contribution in [3.05, 3.63) is 22.4 Å². The van der Waals surface area contributed by atoms with E-state index in [2.05, 4.69) is 17.7 Å². The van der Waals surface area contributed by atoms with E-state index in [0.717, 1.165) is 25.1 Å². The molecule has 5 nitrogen and oxygen atoms in total. The fourth-order valence-corrected chi connectivity index (χ4v) is 2.79. The maximum atomic E-state index is 10.5. The number of thiol groups is 1.